The van der Waals surface area contributed by atoms with Crippen molar-refractivity contribution >= 4 is 45.0 Å². The fourth-order valence-electron chi connectivity index (χ4n) is 3.19. The lowest BCUT2D eigenvalue weighted by atomic mass is 10.1. The van der Waals surface area contributed by atoms with Crippen LogP contribution in [-0.2, 0) is 9.59 Å². The van der Waals surface area contributed by atoms with Crippen molar-refractivity contribution in [1.29, 1.82) is 0 Å². The number of aryl methyl sites for hydroxylation is 2. The molecule has 6 nitrogen and oxygen atoms in total. The average molecular weight is 430 g/mol. The number of carbonyl (C=O) groups excluding carboxylic acids is 3. The Bertz CT molecular complexity index is 942. The largest absolute Gasteiger partial charge is 0.366 e. The fraction of sp³-hybridized carbons (Fsp3) is 0.250. The molecule has 1 unspecified atom stereocenters. The standard InChI is InChI=1S/C20H20BrN3O3/c1-11-7-14(3-5-16(11)19(22)26)23-20(27)13-9-18(25)24(10-13)15-4-6-17(21)12(2)8-15/h3-8,13H,9-10H2,1-2H3,(H2,22,26)(H,23,27). The lowest BCUT2D eigenvalue weighted by molar-refractivity contribution is -0.122. The number of amides is 3. The van der Waals surface area contributed by atoms with Gasteiger partial charge in [0.15, 0.2) is 0 Å². The topological polar surface area (TPSA) is 92.5 Å². The van der Waals surface area contributed by atoms with E-state index >= 15 is 0 Å². The van der Waals surface area contributed by atoms with Crippen molar-refractivity contribution in [2.45, 2.75) is 20.3 Å². The first kappa shape index (κ1) is 19.1. The summed E-state index contributed by atoms with van der Waals surface area (Å²) in [6, 6.07) is 10.6. The third-order valence-electron chi connectivity index (χ3n) is 4.71. The molecular formula is C20H20BrN3O3. The van der Waals surface area contributed by atoms with Crippen molar-refractivity contribution in [3.63, 3.8) is 0 Å². The van der Waals surface area contributed by atoms with Crippen LogP contribution in [0.25, 0.3) is 0 Å². The predicted octanol–water partition coefficient (Wildman–Crippen LogP) is 3.16. The molecule has 3 amide bonds. The highest BCUT2D eigenvalue weighted by Crippen LogP contribution is 2.29. The molecule has 0 aromatic heterocycles. The molecule has 0 spiro atoms. The summed E-state index contributed by atoms with van der Waals surface area (Å²) in [6.07, 6.45) is 0.166. The zero-order chi connectivity index (χ0) is 19.7. The molecule has 0 saturated carbocycles. The minimum atomic E-state index is -0.507. The van der Waals surface area contributed by atoms with Gasteiger partial charge in [-0.25, -0.2) is 0 Å². The van der Waals surface area contributed by atoms with Gasteiger partial charge in [-0.15, -0.1) is 0 Å². The number of nitrogens with two attached hydrogens (primary N) is 1. The Balaban J connectivity index is 1.71. The highest BCUT2D eigenvalue weighted by atomic mass is 79.9. The molecule has 1 aliphatic heterocycles. The molecule has 140 valence electrons. The van der Waals surface area contributed by atoms with Gasteiger partial charge in [0.25, 0.3) is 0 Å². The normalized spacial score (nSPS) is 16.5. The highest BCUT2D eigenvalue weighted by molar-refractivity contribution is 9.10. The number of nitrogens with zero attached hydrogens (tertiary/aromatic N) is 1. The van der Waals surface area contributed by atoms with Gasteiger partial charge >= 0.3 is 0 Å². The molecule has 3 N–H and O–H groups in total. The Morgan fingerprint density at radius 2 is 1.89 bits per heavy atom. The zero-order valence-electron chi connectivity index (χ0n) is 15.1. The van der Waals surface area contributed by atoms with Crippen molar-refractivity contribution in [1.82, 2.24) is 0 Å². The molecule has 1 saturated heterocycles. The maximum Gasteiger partial charge on any atom is 0.248 e. The molecule has 1 aliphatic rings. The first-order chi connectivity index (χ1) is 12.8. The van der Waals surface area contributed by atoms with Crippen LogP contribution in [0.15, 0.2) is 40.9 Å². The zero-order valence-corrected chi connectivity index (χ0v) is 16.7. The van der Waals surface area contributed by atoms with Crippen LogP contribution < -0.4 is 16.0 Å². The molecule has 2 aromatic rings. The van der Waals surface area contributed by atoms with E-state index in [9.17, 15) is 14.4 Å². The van der Waals surface area contributed by atoms with Gasteiger partial charge in [-0.05, 0) is 61.4 Å². The maximum absolute atomic E-state index is 12.6. The number of rotatable bonds is 4. The molecule has 3 rings (SSSR count). The van der Waals surface area contributed by atoms with Crippen LogP contribution in [0.1, 0.15) is 27.9 Å². The van der Waals surface area contributed by atoms with E-state index in [0.717, 1.165) is 15.7 Å². The number of carbonyl (C=O) groups is 3. The highest BCUT2D eigenvalue weighted by Gasteiger charge is 2.35. The van der Waals surface area contributed by atoms with Gasteiger partial charge < -0.3 is 16.0 Å². The van der Waals surface area contributed by atoms with Crippen molar-refractivity contribution in [2.24, 2.45) is 11.7 Å². The van der Waals surface area contributed by atoms with E-state index < -0.39 is 11.8 Å². The second kappa shape index (κ2) is 7.52. The molecule has 0 bridgehead atoms. The number of nitrogens with one attached hydrogen (secondary N) is 1. The summed E-state index contributed by atoms with van der Waals surface area (Å²) in [4.78, 5) is 37.9. The molecular weight excluding hydrogens is 410 g/mol. The van der Waals surface area contributed by atoms with Gasteiger partial charge in [0.05, 0.1) is 5.92 Å². The Hall–Kier alpha value is -2.67. The van der Waals surface area contributed by atoms with Crippen LogP contribution in [-0.4, -0.2) is 24.3 Å². The molecule has 1 heterocycles. The number of primary amides is 1. The van der Waals surface area contributed by atoms with Gasteiger partial charge in [0.1, 0.15) is 0 Å². The molecule has 1 atom stereocenters. The van der Waals surface area contributed by atoms with Crippen molar-refractivity contribution in [2.75, 3.05) is 16.8 Å². The molecule has 1 fully saturated rings. The van der Waals surface area contributed by atoms with Gasteiger partial charge in [0.2, 0.25) is 17.7 Å². The number of hydrogen-bond acceptors (Lipinski definition) is 3. The summed E-state index contributed by atoms with van der Waals surface area (Å²) in [6.45, 7) is 4.05. The van der Waals surface area contributed by atoms with Gasteiger partial charge in [-0.1, -0.05) is 15.9 Å². The van der Waals surface area contributed by atoms with Gasteiger partial charge in [0, 0.05) is 34.4 Å². The minimum absolute atomic E-state index is 0.0721. The third-order valence-corrected chi connectivity index (χ3v) is 5.60. The second-order valence-corrected chi connectivity index (χ2v) is 7.58. The smallest absolute Gasteiger partial charge is 0.248 e. The van der Waals surface area contributed by atoms with Crippen LogP contribution in [0.3, 0.4) is 0 Å². The number of benzene rings is 2. The first-order valence-electron chi connectivity index (χ1n) is 8.54. The molecule has 7 heteroatoms. The Labute approximate surface area is 165 Å². The summed E-state index contributed by atoms with van der Waals surface area (Å²) in [5.41, 5.74) is 8.80. The van der Waals surface area contributed by atoms with Crippen molar-refractivity contribution < 1.29 is 14.4 Å². The summed E-state index contributed by atoms with van der Waals surface area (Å²) in [7, 11) is 0. The Kier molecular flexibility index (Phi) is 5.32. The van der Waals surface area contributed by atoms with Crippen LogP contribution in [0.2, 0.25) is 0 Å². The van der Waals surface area contributed by atoms with E-state index in [4.69, 9.17) is 5.73 Å². The third kappa shape index (κ3) is 4.03. The SMILES string of the molecule is Cc1cc(N2CC(C(=O)Nc3ccc(C(N)=O)c(C)c3)CC2=O)ccc1Br. The van der Waals surface area contributed by atoms with E-state index in [1.165, 1.54) is 0 Å². The van der Waals surface area contributed by atoms with Crippen LogP contribution in [0.5, 0.6) is 0 Å². The van der Waals surface area contributed by atoms with Crippen LogP contribution in [0, 0.1) is 19.8 Å². The summed E-state index contributed by atoms with van der Waals surface area (Å²) < 4.78 is 0.974. The van der Waals surface area contributed by atoms with Crippen molar-refractivity contribution in [3.05, 3.63) is 57.6 Å². The molecule has 2 aromatic carbocycles. The fourth-order valence-corrected chi connectivity index (χ4v) is 3.44. The van der Waals surface area contributed by atoms with E-state index in [1.54, 1.807) is 30.0 Å². The summed E-state index contributed by atoms with van der Waals surface area (Å²) in [5, 5.41) is 2.83. The maximum atomic E-state index is 12.6. The first-order valence-corrected chi connectivity index (χ1v) is 9.33. The molecule has 0 aliphatic carbocycles. The number of halogens is 1. The summed E-state index contributed by atoms with van der Waals surface area (Å²) >= 11 is 3.45. The summed E-state index contributed by atoms with van der Waals surface area (Å²) in [5.74, 6) is -1.23. The molecule has 0 radical (unpaired) electrons. The van der Waals surface area contributed by atoms with Gasteiger partial charge in [-0.2, -0.15) is 0 Å². The Morgan fingerprint density at radius 1 is 1.15 bits per heavy atom. The monoisotopic (exact) mass is 429 g/mol. The number of anilines is 2. The molecule has 27 heavy (non-hydrogen) atoms. The van der Waals surface area contributed by atoms with E-state index in [2.05, 4.69) is 21.2 Å². The van der Waals surface area contributed by atoms with Crippen molar-refractivity contribution in [3.8, 4) is 0 Å². The lowest BCUT2D eigenvalue weighted by Gasteiger charge is -2.18. The van der Waals surface area contributed by atoms with Crippen LogP contribution in [0.4, 0.5) is 11.4 Å². The van der Waals surface area contributed by atoms with Gasteiger partial charge in [-0.3, -0.25) is 14.4 Å². The van der Waals surface area contributed by atoms with Crippen LogP contribution >= 0.6 is 15.9 Å². The Morgan fingerprint density at radius 3 is 2.52 bits per heavy atom. The minimum Gasteiger partial charge on any atom is -0.366 e. The van der Waals surface area contributed by atoms with E-state index in [1.807, 2.05) is 25.1 Å². The van der Waals surface area contributed by atoms with E-state index in [-0.39, 0.29) is 18.2 Å². The average Bonchev–Trinajstić information content (AvgIpc) is 2.99. The predicted molar refractivity (Wildman–Crippen MR) is 108 cm³/mol. The lowest BCUT2D eigenvalue weighted by Crippen LogP contribution is -2.28. The second-order valence-electron chi connectivity index (χ2n) is 6.72. The quantitative estimate of drug-likeness (QED) is 0.781. The van der Waals surface area contributed by atoms with E-state index in [0.29, 0.717) is 23.4 Å². The number of hydrogen-bond donors (Lipinski definition) is 2.